The smallest absolute Gasteiger partial charge is 0.258 e. The summed E-state index contributed by atoms with van der Waals surface area (Å²) in [6.45, 7) is 10.0. The van der Waals surface area contributed by atoms with Crippen LogP contribution >= 0.6 is 23.2 Å². The lowest BCUT2D eigenvalue weighted by molar-refractivity contribution is -0.126. The highest BCUT2D eigenvalue weighted by atomic mass is 35.5. The number of carbonyl (C=O) groups excluding carboxylic acids is 2. The molecule has 1 amide bonds. The Kier molecular flexibility index (Phi) is 11.1. The average molecular weight is 526 g/mol. The predicted molar refractivity (Wildman–Crippen MR) is 135 cm³/mol. The molecule has 0 aliphatic heterocycles. The molecule has 1 N–H and O–H groups in total. The maximum atomic E-state index is 12.9. The van der Waals surface area contributed by atoms with Gasteiger partial charge in [0.1, 0.15) is 16.5 Å². The Labute approximate surface area is 214 Å². The van der Waals surface area contributed by atoms with E-state index in [0.29, 0.717) is 65.8 Å². The van der Waals surface area contributed by atoms with Crippen LogP contribution in [0.25, 0.3) is 0 Å². The Hall–Kier alpha value is -3.04. The molecule has 9 nitrogen and oxygen atoms in total. The average Bonchev–Trinajstić information content (AvgIpc) is 2.79. The number of benzene rings is 2. The molecule has 2 rings (SSSR count). The van der Waals surface area contributed by atoms with Crippen molar-refractivity contribution in [1.29, 1.82) is 0 Å². The minimum absolute atomic E-state index is 0.252. The number of Topliss-reactive ketones (excluding diaryl/α,β-unsaturated/α-hetero) is 1. The zero-order valence-corrected chi connectivity index (χ0v) is 21.8. The van der Waals surface area contributed by atoms with E-state index in [9.17, 15) is 9.59 Å². The van der Waals surface area contributed by atoms with E-state index in [-0.39, 0.29) is 5.02 Å². The molecular weight excluding hydrogens is 497 g/mol. The summed E-state index contributed by atoms with van der Waals surface area (Å²) in [7, 11) is 0. The van der Waals surface area contributed by atoms with Crippen molar-refractivity contribution >= 4 is 46.3 Å². The summed E-state index contributed by atoms with van der Waals surface area (Å²) in [5, 5.41) is 11.2. The third kappa shape index (κ3) is 7.73. The Morgan fingerprint density at radius 2 is 1.40 bits per heavy atom. The SMILES string of the molecule is CCOc1cc(N=NC(C(C)=O)C(=O)Nc2cc(Cl)c(OCC)c(OCC)c2)cc(OCC)c1Cl. The molecular formula is C24H29Cl2N3O6. The maximum Gasteiger partial charge on any atom is 0.258 e. The van der Waals surface area contributed by atoms with Crippen molar-refractivity contribution in [2.75, 3.05) is 31.7 Å². The predicted octanol–water partition coefficient (Wildman–Crippen LogP) is 6.27. The minimum atomic E-state index is -1.40. The Morgan fingerprint density at radius 1 is 0.857 bits per heavy atom. The number of ether oxygens (including phenoxy) is 4. The van der Waals surface area contributed by atoms with Gasteiger partial charge in [-0.3, -0.25) is 9.59 Å². The number of rotatable bonds is 13. The largest absolute Gasteiger partial charge is 0.492 e. The first-order chi connectivity index (χ1) is 16.7. The first-order valence-electron chi connectivity index (χ1n) is 11.2. The third-order valence-electron chi connectivity index (χ3n) is 4.38. The van der Waals surface area contributed by atoms with Crippen molar-refractivity contribution in [3.05, 3.63) is 34.3 Å². The normalized spacial score (nSPS) is 11.7. The van der Waals surface area contributed by atoms with E-state index in [1.54, 1.807) is 18.2 Å². The molecule has 35 heavy (non-hydrogen) atoms. The van der Waals surface area contributed by atoms with E-state index in [4.69, 9.17) is 42.1 Å². The summed E-state index contributed by atoms with van der Waals surface area (Å²) in [4.78, 5) is 25.1. The van der Waals surface area contributed by atoms with Crippen LogP contribution in [-0.4, -0.2) is 44.2 Å². The fourth-order valence-electron chi connectivity index (χ4n) is 2.98. The lowest BCUT2D eigenvalue weighted by atomic mass is 10.2. The number of azo groups is 1. The zero-order chi connectivity index (χ0) is 26.0. The molecule has 2 aromatic carbocycles. The number of amides is 1. The van der Waals surface area contributed by atoms with Gasteiger partial charge in [0.05, 0.1) is 37.1 Å². The number of anilines is 1. The first-order valence-corrected chi connectivity index (χ1v) is 11.9. The topological polar surface area (TPSA) is 108 Å². The van der Waals surface area contributed by atoms with Crippen LogP contribution < -0.4 is 24.3 Å². The molecule has 0 aromatic heterocycles. The van der Waals surface area contributed by atoms with Crippen molar-refractivity contribution < 1.29 is 28.5 Å². The van der Waals surface area contributed by atoms with Crippen molar-refractivity contribution in [2.45, 2.75) is 40.7 Å². The van der Waals surface area contributed by atoms with E-state index in [1.807, 2.05) is 27.7 Å². The highest BCUT2D eigenvalue weighted by Crippen LogP contribution is 2.40. The Morgan fingerprint density at radius 3 is 1.91 bits per heavy atom. The van der Waals surface area contributed by atoms with Crippen LogP contribution in [0.1, 0.15) is 34.6 Å². The van der Waals surface area contributed by atoms with E-state index >= 15 is 0 Å². The van der Waals surface area contributed by atoms with E-state index in [1.165, 1.54) is 13.0 Å². The van der Waals surface area contributed by atoms with Gasteiger partial charge in [-0.15, -0.1) is 0 Å². The Bertz CT molecular complexity index is 1050. The van der Waals surface area contributed by atoms with Gasteiger partial charge in [0.2, 0.25) is 6.04 Å². The molecule has 0 saturated heterocycles. The lowest BCUT2D eigenvalue weighted by Gasteiger charge is -2.15. The van der Waals surface area contributed by atoms with Gasteiger partial charge in [-0.1, -0.05) is 23.2 Å². The second-order valence-electron chi connectivity index (χ2n) is 6.99. The molecule has 0 spiro atoms. The third-order valence-corrected chi connectivity index (χ3v) is 5.03. The number of nitrogens with zero attached hydrogens (tertiary/aromatic N) is 2. The Balaban J connectivity index is 2.32. The summed E-state index contributed by atoms with van der Waals surface area (Å²) in [6, 6.07) is 4.76. The monoisotopic (exact) mass is 525 g/mol. The van der Waals surface area contributed by atoms with Crippen molar-refractivity contribution in [2.24, 2.45) is 10.2 Å². The van der Waals surface area contributed by atoms with Gasteiger partial charge in [0, 0.05) is 23.9 Å². The fraction of sp³-hybridized carbons (Fsp3) is 0.417. The number of carbonyl (C=O) groups is 2. The number of nitrogens with one attached hydrogen (secondary N) is 1. The number of hydrogen-bond donors (Lipinski definition) is 1. The second-order valence-corrected chi connectivity index (χ2v) is 7.78. The maximum absolute atomic E-state index is 12.9. The zero-order valence-electron chi connectivity index (χ0n) is 20.3. The van der Waals surface area contributed by atoms with Gasteiger partial charge >= 0.3 is 0 Å². The molecule has 0 bridgehead atoms. The van der Waals surface area contributed by atoms with Crippen LogP contribution in [0.5, 0.6) is 23.0 Å². The number of ketones is 1. The minimum Gasteiger partial charge on any atom is -0.492 e. The highest BCUT2D eigenvalue weighted by molar-refractivity contribution is 6.33. The summed E-state index contributed by atoms with van der Waals surface area (Å²) in [5.74, 6) is 0.252. The van der Waals surface area contributed by atoms with Gasteiger partial charge < -0.3 is 24.3 Å². The number of hydrogen-bond acceptors (Lipinski definition) is 8. The number of halogens is 2. The standard InChI is InChI=1S/C24H29Cl2N3O6/c1-6-32-18-12-16(13-19(21(18)26)33-7-2)28-29-22(14(5)30)24(31)27-15-10-17(25)23(35-9-4)20(11-15)34-8-3/h10-13,22H,6-9H2,1-5H3,(H,27,31). The van der Waals surface area contributed by atoms with Crippen LogP contribution in [0.2, 0.25) is 10.0 Å². The molecule has 1 atom stereocenters. The molecule has 190 valence electrons. The van der Waals surface area contributed by atoms with Crippen molar-refractivity contribution in [3.63, 3.8) is 0 Å². The molecule has 1 unspecified atom stereocenters. The van der Waals surface area contributed by atoms with Crippen molar-refractivity contribution in [1.82, 2.24) is 0 Å². The van der Waals surface area contributed by atoms with Crippen LogP contribution in [0, 0.1) is 0 Å². The van der Waals surface area contributed by atoms with Gasteiger partial charge in [0.15, 0.2) is 17.3 Å². The molecule has 2 aromatic rings. The van der Waals surface area contributed by atoms with Gasteiger partial charge in [-0.05, 0) is 40.7 Å². The summed E-state index contributed by atoms with van der Waals surface area (Å²) in [6.07, 6.45) is 0. The van der Waals surface area contributed by atoms with Gasteiger partial charge in [-0.2, -0.15) is 10.2 Å². The first kappa shape index (κ1) is 28.2. The molecule has 0 aliphatic rings. The molecule has 0 saturated carbocycles. The molecule has 0 heterocycles. The quantitative estimate of drug-likeness (QED) is 0.244. The molecule has 11 heteroatoms. The highest BCUT2D eigenvalue weighted by Gasteiger charge is 2.24. The van der Waals surface area contributed by atoms with E-state index < -0.39 is 17.7 Å². The van der Waals surface area contributed by atoms with E-state index in [2.05, 4.69) is 15.5 Å². The van der Waals surface area contributed by atoms with Gasteiger partial charge in [0.25, 0.3) is 5.91 Å². The second kappa shape index (κ2) is 13.7. The summed E-state index contributed by atoms with van der Waals surface area (Å²) < 4.78 is 22.1. The summed E-state index contributed by atoms with van der Waals surface area (Å²) >= 11 is 12.6. The van der Waals surface area contributed by atoms with Crippen molar-refractivity contribution in [3.8, 4) is 23.0 Å². The van der Waals surface area contributed by atoms with Crippen LogP contribution in [0.4, 0.5) is 11.4 Å². The van der Waals surface area contributed by atoms with Gasteiger partial charge in [-0.25, -0.2) is 0 Å². The van der Waals surface area contributed by atoms with Crippen LogP contribution in [-0.2, 0) is 9.59 Å². The van der Waals surface area contributed by atoms with Crippen LogP contribution in [0.3, 0.4) is 0 Å². The van der Waals surface area contributed by atoms with Crippen LogP contribution in [0.15, 0.2) is 34.5 Å². The molecule has 0 fully saturated rings. The fourth-order valence-corrected chi connectivity index (χ4v) is 3.46. The summed E-state index contributed by atoms with van der Waals surface area (Å²) in [5.41, 5.74) is 0.625. The molecule has 0 aliphatic carbocycles. The lowest BCUT2D eigenvalue weighted by Crippen LogP contribution is -2.31. The molecule has 0 radical (unpaired) electrons. The van der Waals surface area contributed by atoms with E-state index in [0.717, 1.165) is 0 Å².